The van der Waals surface area contributed by atoms with Crippen LogP contribution in [0.3, 0.4) is 0 Å². The molecule has 166 valence electrons. The van der Waals surface area contributed by atoms with Crippen molar-refractivity contribution >= 4 is 33.7 Å². The normalized spacial score (nSPS) is 11.6. The fourth-order valence-corrected chi connectivity index (χ4v) is 4.39. The van der Waals surface area contributed by atoms with Crippen LogP contribution in [0, 0.1) is 0 Å². The lowest BCUT2D eigenvalue weighted by molar-refractivity contribution is -0.121. The molecule has 1 amide bonds. The van der Waals surface area contributed by atoms with Crippen LogP contribution in [0.15, 0.2) is 88.9 Å². The largest absolute Gasteiger partial charge is 0.497 e. The first-order valence-electron chi connectivity index (χ1n) is 9.64. The van der Waals surface area contributed by atoms with E-state index in [2.05, 4.69) is 10.5 Å². The second-order valence-electron chi connectivity index (χ2n) is 6.78. The van der Waals surface area contributed by atoms with Gasteiger partial charge in [-0.25, -0.2) is 13.8 Å². The van der Waals surface area contributed by atoms with Crippen molar-refractivity contribution in [3.05, 3.63) is 95.0 Å². The minimum atomic E-state index is -3.92. The molecule has 3 aromatic rings. The number of amides is 1. The molecular weight excluding hydrogens is 450 g/mol. The molecule has 0 aliphatic rings. The van der Waals surface area contributed by atoms with Crippen LogP contribution in [0.1, 0.15) is 11.1 Å². The van der Waals surface area contributed by atoms with Crippen molar-refractivity contribution in [3.63, 3.8) is 0 Å². The smallest absolute Gasteiger partial charge is 0.255 e. The minimum Gasteiger partial charge on any atom is -0.497 e. The number of halogens is 1. The Morgan fingerprint density at radius 1 is 1.06 bits per heavy atom. The summed E-state index contributed by atoms with van der Waals surface area (Å²) in [5, 5.41) is 4.46. The first-order valence-corrected chi connectivity index (χ1v) is 11.5. The predicted octanol–water partition coefficient (Wildman–Crippen LogP) is 3.69. The number of carbonyl (C=O) groups is 1. The van der Waals surface area contributed by atoms with Gasteiger partial charge in [-0.05, 0) is 47.5 Å². The molecule has 0 atom stereocenters. The molecule has 0 bridgehead atoms. The standard InChI is InChI=1S/C23H22ClN3O4S/c1-31-21-7-5-6-19(14-21)15-25-26-23(28)17-27(16-18-10-12-20(24)13-11-18)32(29,30)22-8-3-2-4-9-22/h2-15H,16-17H2,1H3,(H,26,28). The quantitative estimate of drug-likeness (QED) is 0.381. The third kappa shape index (κ3) is 6.40. The maximum Gasteiger partial charge on any atom is 0.255 e. The van der Waals surface area contributed by atoms with Crippen LogP contribution in [0.4, 0.5) is 0 Å². The monoisotopic (exact) mass is 471 g/mol. The van der Waals surface area contributed by atoms with Crippen molar-refractivity contribution in [1.82, 2.24) is 9.73 Å². The van der Waals surface area contributed by atoms with Crippen molar-refractivity contribution in [2.75, 3.05) is 13.7 Å². The Hall–Kier alpha value is -3.20. The first kappa shape index (κ1) is 23.5. The molecule has 0 heterocycles. The molecule has 0 aliphatic heterocycles. The Bertz CT molecular complexity index is 1180. The van der Waals surface area contributed by atoms with Crippen LogP contribution in [-0.2, 0) is 21.4 Å². The number of hydrazone groups is 1. The average Bonchev–Trinajstić information content (AvgIpc) is 2.80. The van der Waals surface area contributed by atoms with Gasteiger partial charge in [0.25, 0.3) is 5.91 Å². The van der Waals surface area contributed by atoms with Crippen LogP contribution >= 0.6 is 11.6 Å². The maximum atomic E-state index is 13.2. The van der Waals surface area contributed by atoms with Gasteiger partial charge in [0.1, 0.15) is 5.75 Å². The highest BCUT2D eigenvalue weighted by atomic mass is 35.5. The Kier molecular flexibility index (Phi) is 7.99. The highest BCUT2D eigenvalue weighted by Gasteiger charge is 2.26. The second kappa shape index (κ2) is 10.9. The summed E-state index contributed by atoms with van der Waals surface area (Å²) in [6.07, 6.45) is 1.45. The van der Waals surface area contributed by atoms with Gasteiger partial charge in [0.05, 0.1) is 24.8 Å². The highest BCUT2D eigenvalue weighted by molar-refractivity contribution is 7.89. The number of methoxy groups -OCH3 is 1. The van der Waals surface area contributed by atoms with E-state index in [4.69, 9.17) is 16.3 Å². The fraction of sp³-hybridized carbons (Fsp3) is 0.130. The summed E-state index contributed by atoms with van der Waals surface area (Å²) in [7, 11) is -2.36. The number of rotatable bonds is 9. The molecule has 9 heteroatoms. The Morgan fingerprint density at radius 3 is 2.47 bits per heavy atom. The molecule has 32 heavy (non-hydrogen) atoms. The second-order valence-corrected chi connectivity index (χ2v) is 9.16. The van der Waals surface area contributed by atoms with Gasteiger partial charge >= 0.3 is 0 Å². The van der Waals surface area contributed by atoms with E-state index in [0.717, 1.165) is 9.87 Å². The molecule has 0 aliphatic carbocycles. The summed E-state index contributed by atoms with van der Waals surface area (Å²) in [6, 6.07) is 21.9. The first-order chi connectivity index (χ1) is 15.4. The summed E-state index contributed by atoms with van der Waals surface area (Å²) in [5.41, 5.74) is 3.80. The van der Waals surface area contributed by atoms with Gasteiger partial charge < -0.3 is 4.74 Å². The third-order valence-electron chi connectivity index (χ3n) is 4.47. The van der Waals surface area contributed by atoms with Crippen LogP contribution < -0.4 is 10.2 Å². The van der Waals surface area contributed by atoms with E-state index in [0.29, 0.717) is 16.3 Å². The Balaban J connectivity index is 1.76. The van der Waals surface area contributed by atoms with E-state index >= 15 is 0 Å². The highest BCUT2D eigenvalue weighted by Crippen LogP contribution is 2.19. The molecule has 0 fully saturated rings. The average molecular weight is 472 g/mol. The van der Waals surface area contributed by atoms with Crippen molar-refractivity contribution in [1.29, 1.82) is 0 Å². The zero-order chi connectivity index (χ0) is 23.0. The Labute approximate surface area is 192 Å². The van der Waals surface area contributed by atoms with Crippen LogP contribution in [0.2, 0.25) is 5.02 Å². The molecule has 3 aromatic carbocycles. The lowest BCUT2D eigenvalue weighted by Gasteiger charge is -2.21. The van der Waals surface area contributed by atoms with E-state index in [1.54, 1.807) is 73.8 Å². The SMILES string of the molecule is COc1cccc(C=NNC(=O)CN(Cc2ccc(Cl)cc2)S(=O)(=O)c2ccccc2)c1. The summed E-state index contributed by atoms with van der Waals surface area (Å²) in [4.78, 5) is 12.6. The van der Waals surface area contributed by atoms with Gasteiger partial charge in [0.15, 0.2) is 0 Å². The minimum absolute atomic E-state index is 0.00140. The number of nitrogens with one attached hydrogen (secondary N) is 1. The third-order valence-corrected chi connectivity index (χ3v) is 6.53. The van der Waals surface area contributed by atoms with E-state index in [1.165, 1.54) is 18.3 Å². The molecule has 0 radical (unpaired) electrons. The van der Waals surface area contributed by atoms with Crippen molar-refractivity contribution in [2.45, 2.75) is 11.4 Å². The molecule has 0 aromatic heterocycles. The Morgan fingerprint density at radius 2 is 1.78 bits per heavy atom. The molecule has 3 rings (SSSR count). The van der Waals surface area contributed by atoms with Crippen LogP contribution in [0.5, 0.6) is 5.75 Å². The number of hydrogen-bond donors (Lipinski definition) is 1. The van der Waals surface area contributed by atoms with E-state index in [-0.39, 0.29) is 11.4 Å². The summed E-state index contributed by atoms with van der Waals surface area (Å²) in [5.74, 6) is 0.0842. The zero-order valence-corrected chi connectivity index (χ0v) is 18.9. The summed E-state index contributed by atoms with van der Waals surface area (Å²) < 4.78 is 32.6. The van der Waals surface area contributed by atoms with Crippen LogP contribution in [0.25, 0.3) is 0 Å². The number of benzene rings is 3. The van der Waals surface area contributed by atoms with Crippen molar-refractivity contribution in [3.8, 4) is 5.75 Å². The van der Waals surface area contributed by atoms with Crippen molar-refractivity contribution in [2.24, 2.45) is 5.10 Å². The number of hydrogen-bond acceptors (Lipinski definition) is 5. The maximum absolute atomic E-state index is 13.2. The lowest BCUT2D eigenvalue weighted by Crippen LogP contribution is -2.39. The van der Waals surface area contributed by atoms with Gasteiger partial charge in [-0.15, -0.1) is 0 Å². The van der Waals surface area contributed by atoms with Gasteiger partial charge in [0.2, 0.25) is 10.0 Å². The topological polar surface area (TPSA) is 88.1 Å². The zero-order valence-electron chi connectivity index (χ0n) is 17.3. The predicted molar refractivity (Wildman–Crippen MR) is 124 cm³/mol. The number of ether oxygens (including phenoxy) is 1. The summed E-state index contributed by atoms with van der Waals surface area (Å²) in [6.45, 7) is -0.406. The van der Waals surface area contributed by atoms with Crippen LogP contribution in [-0.4, -0.2) is 38.5 Å². The number of sulfonamides is 1. The van der Waals surface area contributed by atoms with E-state index in [9.17, 15) is 13.2 Å². The number of carbonyl (C=O) groups excluding carboxylic acids is 1. The van der Waals surface area contributed by atoms with Crippen molar-refractivity contribution < 1.29 is 17.9 Å². The summed E-state index contributed by atoms with van der Waals surface area (Å²) >= 11 is 5.93. The molecule has 0 spiro atoms. The molecular formula is C23H22ClN3O4S. The van der Waals surface area contributed by atoms with E-state index in [1.807, 2.05) is 0 Å². The number of nitrogens with zero attached hydrogens (tertiary/aromatic N) is 2. The molecule has 0 unspecified atom stereocenters. The van der Waals surface area contributed by atoms with Gasteiger partial charge in [0, 0.05) is 11.6 Å². The van der Waals surface area contributed by atoms with Gasteiger partial charge in [-0.3, -0.25) is 4.79 Å². The molecule has 7 nitrogen and oxygen atoms in total. The molecule has 1 N–H and O–H groups in total. The lowest BCUT2D eigenvalue weighted by atomic mass is 10.2. The fourth-order valence-electron chi connectivity index (χ4n) is 2.86. The molecule has 0 saturated heterocycles. The van der Waals surface area contributed by atoms with Gasteiger partial charge in [-0.1, -0.05) is 54.1 Å². The molecule has 0 saturated carbocycles. The van der Waals surface area contributed by atoms with E-state index < -0.39 is 22.5 Å². The van der Waals surface area contributed by atoms with Gasteiger partial charge in [-0.2, -0.15) is 9.41 Å².